The zero-order valence-corrected chi connectivity index (χ0v) is 16.0. The van der Waals surface area contributed by atoms with Crippen LogP contribution in [0.3, 0.4) is 0 Å². The van der Waals surface area contributed by atoms with E-state index in [-0.39, 0.29) is 21.7 Å². The summed E-state index contributed by atoms with van der Waals surface area (Å²) < 4.78 is 58.7. The number of carbonyl (C=O) groups is 1. The fourth-order valence-electron chi connectivity index (χ4n) is 2.90. The maximum atomic E-state index is 13.6. The highest BCUT2D eigenvalue weighted by Crippen LogP contribution is 2.33. The van der Waals surface area contributed by atoms with Crippen LogP contribution in [0.15, 0.2) is 42.5 Å². The second kappa shape index (κ2) is 8.21. The predicted octanol–water partition coefficient (Wildman–Crippen LogP) is 4.17. The van der Waals surface area contributed by atoms with Crippen molar-refractivity contribution < 1.29 is 27.1 Å². The summed E-state index contributed by atoms with van der Waals surface area (Å²) in [5.41, 5.74) is -0.769. The van der Waals surface area contributed by atoms with Crippen molar-refractivity contribution in [2.24, 2.45) is 0 Å². The van der Waals surface area contributed by atoms with Gasteiger partial charge >= 0.3 is 12.1 Å². The topological polar surface area (TPSA) is 29.5 Å². The fraction of sp³-hybridized carbons (Fsp3) is 0.238. The van der Waals surface area contributed by atoms with Crippen LogP contribution in [0.1, 0.15) is 28.7 Å². The zero-order chi connectivity index (χ0) is 21.2. The van der Waals surface area contributed by atoms with E-state index in [1.54, 1.807) is 0 Å². The molecule has 1 saturated heterocycles. The van der Waals surface area contributed by atoms with Gasteiger partial charge in [-0.2, -0.15) is 13.2 Å². The first-order chi connectivity index (χ1) is 13.7. The monoisotopic (exact) mass is 421 g/mol. The summed E-state index contributed by atoms with van der Waals surface area (Å²) in [7, 11) is 1.25. The van der Waals surface area contributed by atoms with Crippen molar-refractivity contribution in [1.82, 2.24) is 4.90 Å². The van der Waals surface area contributed by atoms with Crippen molar-refractivity contribution in [2.75, 3.05) is 13.7 Å². The minimum atomic E-state index is -4.66. The highest BCUT2D eigenvalue weighted by molar-refractivity contribution is 7.80. The number of thiocarbonyl (C=S) groups is 1. The lowest BCUT2D eigenvalue weighted by molar-refractivity contribution is -0.148. The Morgan fingerprint density at radius 3 is 2.55 bits per heavy atom. The van der Waals surface area contributed by atoms with Gasteiger partial charge in [-0.25, -0.2) is 9.18 Å². The van der Waals surface area contributed by atoms with Crippen molar-refractivity contribution in [1.29, 1.82) is 0 Å². The molecular formula is C21H15F4NO2S. The summed E-state index contributed by atoms with van der Waals surface area (Å²) in [4.78, 5) is 13.4. The van der Waals surface area contributed by atoms with Crippen LogP contribution in [-0.2, 0) is 15.7 Å². The molecule has 0 bridgehead atoms. The molecule has 1 heterocycles. The maximum absolute atomic E-state index is 13.6. The number of carbonyl (C=O) groups excluding carboxylic acids is 1. The number of benzene rings is 2. The number of ether oxygens (including phenoxy) is 1. The van der Waals surface area contributed by atoms with Crippen LogP contribution in [0.5, 0.6) is 0 Å². The number of hydrogen-bond donors (Lipinski definition) is 0. The van der Waals surface area contributed by atoms with E-state index in [1.807, 2.05) is 0 Å². The Balaban J connectivity index is 1.93. The van der Waals surface area contributed by atoms with Gasteiger partial charge in [-0.15, -0.1) is 0 Å². The molecule has 2 aromatic rings. The molecule has 8 heteroatoms. The van der Waals surface area contributed by atoms with Crippen LogP contribution in [0.2, 0.25) is 0 Å². The number of esters is 1. The lowest BCUT2D eigenvalue weighted by Crippen LogP contribution is -2.55. The molecule has 0 N–H and O–H groups in total. The Bertz CT molecular complexity index is 1020. The molecule has 1 atom stereocenters. The molecule has 0 saturated carbocycles. The second-order valence-electron chi connectivity index (χ2n) is 6.34. The highest BCUT2D eigenvalue weighted by Gasteiger charge is 2.38. The molecule has 0 aromatic heterocycles. The van der Waals surface area contributed by atoms with Crippen LogP contribution in [0, 0.1) is 17.7 Å². The van der Waals surface area contributed by atoms with Crippen LogP contribution < -0.4 is 0 Å². The molecule has 1 aliphatic heterocycles. The van der Waals surface area contributed by atoms with Crippen LogP contribution >= 0.6 is 12.2 Å². The summed E-state index contributed by atoms with van der Waals surface area (Å²) in [5.74, 6) is 3.99. The lowest BCUT2D eigenvalue weighted by Gasteiger charge is -2.40. The van der Waals surface area contributed by atoms with E-state index in [9.17, 15) is 22.4 Å². The Kier molecular flexibility index (Phi) is 5.89. The van der Waals surface area contributed by atoms with Crippen LogP contribution in [0.25, 0.3) is 0 Å². The van der Waals surface area contributed by atoms with Gasteiger partial charge in [0.25, 0.3) is 0 Å². The van der Waals surface area contributed by atoms with Crippen LogP contribution in [0.4, 0.5) is 17.6 Å². The van der Waals surface area contributed by atoms with E-state index in [2.05, 4.69) is 16.6 Å². The third kappa shape index (κ3) is 4.57. The molecule has 3 rings (SSSR count). The summed E-state index contributed by atoms with van der Waals surface area (Å²) in [6.45, 7) is 0.459. The molecule has 1 aliphatic rings. The van der Waals surface area contributed by atoms with Gasteiger partial charge in [-0.05, 0) is 36.8 Å². The number of nitrogens with zero attached hydrogens (tertiary/aromatic N) is 1. The largest absolute Gasteiger partial charge is 0.467 e. The molecule has 150 valence electrons. The fourth-order valence-corrected chi connectivity index (χ4v) is 3.25. The smallest absolute Gasteiger partial charge is 0.417 e. The Hall–Kier alpha value is -2.92. The van der Waals surface area contributed by atoms with Gasteiger partial charge in [-0.1, -0.05) is 36.2 Å². The normalized spacial score (nSPS) is 15.8. The Labute approximate surface area is 170 Å². The predicted molar refractivity (Wildman–Crippen MR) is 103 cm³/mol. The molecule has 0 amide bonds. The van der Waals surface area contributed by atoms with Gasteiger partial charge in [0, 0.05) is 23.2 Å². The highest BCUT2D eigenvalue weighted by atomic mass is 32.1. The lowest BCUT2D eigenvalue weighted by atomic mass is 9.99. The van der Waals surface area contributed by atoms with E-state index >= 15 is 0 Å². The van der Waals surface area contributed by atoms with Gasteiger partial charge in [0.2, 0.25) is 0 Å². The zero-order valence-electron chi connectivity index (χ0n) is 15.2. The van der Waals surface area contributed by atoms with Crippen molar-refractivity contribution in [2.45, 2.75) is 18.6 Å². The number of likely N-dealkylation sites (tertiary alicyclic amines) is 1. The van der Waals surface area contributed by atoms with E-state index in [4.69, 9.17) is 12.2 Å². The molecular weight excluding hydrogens is 406 g/mol. The summed E-state index contributed by atoms with van der Waals surface area (Å²) in [6.07, 6.45) is -4.13. The average molecular weight is 421 g/mol. The third-order valence-corrected chi connectivity index (χ3v) is 4.96. The second-order valence-corrected chi connectivity index (χ2v) is 6.73. The first kappa shape index (κ1) is 20.8. The number of alkyl halides is 3. The molecule has 29 heavy (non-hydrogen) atoms. The van der Waals surface area contributed by atoms with Gasteiger partial charge in [-0.3, -0.25) is 0 Å². The molecule has 1 fully saturated rings. The van der Waals surface area contributed by atoms with Gasteiger partial charge in [0.05, 0.1) is 12.7 Å². The SMILES string of the molecule is COC(=O)C1CCN1C(=S)c1ccc(C#Cc2cccc(F)c2)c(C(F)(F)F)c1. The number of rotatable bonds is 2. The van der Waals surface area contributed by atoms with E-state index < -0.39 is 29.6 Å². The van der Waals surface area contributed by atoms with Crippen molar-refractivity contribution in [3.05, 3.63) is 70.5 Å². The quantitative estimate of drug-likeness (QED) is 0.315. The molecule has 0 aliphatic carbocycles. The Morgan fingerprint density at radius 1 is 1.21 bits per heavy atom. The first-order valence-electron chi connectivity index (χ1n) is 8.58. The average Bonchev–Trinajstić information content (AvgIpc) is 2.64. The molecule has 3 nitrogen and oxygen atoms in total. The van der Waals surface area contributed by atoms with Gasteiger partial charge in [0.15, 0.2) is 0 Å². The van der Waals surface area contributed by atoms with Crippen molar-refractivity contribution in [3.8, 4) is 11.8 Å². The summed E-state index contributed by atoms with van der Waals surface area (Å²) in [6, 6.07) is 8.28. The summed E-state index contributed by atoms with van der Waals surface area (Å²) in [5, 5.41) is 0. The standard InChI is InChI=1S/C21H15F4NO2S/c1-28-20(27)18-9-10-26(18)19(29)15-8-7-14(17(12-15)21(23,24)25)6-5-13-3-2-4-16(22)11-13/h2-4,7-8,11-12,18H,9-10H2,1H3. The molecule has 0 radical (unpaired) electrons. The van der Waals surface area contributed by atoms with Crippen LogP contribution in [-0.4, -0.2) is 35.6 Å². The number of halogens is 4. The van der Waals surface area contributed by atoms with E-state index in [0.717, 1.165) is 12.1 Å². The molecule has 1 unspecified atom stereocenters. The minimum absolute atomic E-state index is 0.141. The van der Waals surface area contributed by atoms with Gasteiger partial charge in [0.1, 0.15) is 16.8 Å². The first-order valence-corrected chi connectivity index (χ1v) is 8.99. The summed E-state index contributed by atoms with van der Waals surface area (Å²) >= 11 is 5.29. The van der Waals surface area contributed by atoms with Crippen molar-refractivity contribution in [3.63, 3.8) is 0 Å². The number of methoxy groups -OCH3 is 1. The van der Waals surface area contributed by atoms with Crippen molar-refractivity contribution >= 4 is 23.2 Å². The molecule has 2 aromatic carbocycles. The number of hydrogen-bond acceptors (Lipinski definition) is 3. The van der Waals surface area contributed by atoms with E-state index in [0.29, 0.717) is 13.0 Å². The van der Waals surface area contributed by atoms with Gasteiger partial charge < -0.3 is 9.64 Å². The van der Waals surface area contributed by atoms with E-state index in [1.165, 1.54) is 42.3 Å². The molecule has 0 spiro atoms. The Morgan fingerprint density at radius 2 is 1.97 bits per heavy atom. The third-order valence-electron chi connectivity index (χ3n) is 4.49. The minimum Gasteiger partial charge on any atom is -0.467 e. The maximum Gasteiger partial charge on any atom is 0.417 e.